The standard InChI is InChI=1S/C22H17F3N4O4S/c1-31-14-6-8-16(9-7-14)33-11-10-32-15-4-2-13(3-5-15)12-17-18(26)29-21(27-19(17)30)34-20(28-29)22(23,24)25/h2-9,12,26H,10-11H2,1H3. The van der Waals surface area contributed by atoms with E-state index in [4.69, 9.17) is 19.6 Å². The smallest absolute Gasteiger partial charge is 0.441 e. The van der Waals surface area contributed by atoms with Gasteiger partial charge in [-0.1, -0.05) is 12.1 Å². The number of hydrogen-bond donors (Lipinski definition) is 1. The predicted molar refractivity (Wildman–Crippen MR) is 121 cm³/mol. The van der Waals surface area contributed by atoms with Crippen molar-refractivity contribution in [3.8, 4) is 17.2 Å². The van der Waals surface area contributed by atoms with E-state index in [0.29, 0.717) is 35.3 Å². The molecular weight excluding hydrogens is 473 g/mol. The van der Waals surface area contributed by atoms with E-state index >= 15 is 0 Å². The van der Waals surface area contributed by atoms with Crippen LogP contribution in [0, 0.1) is 5.41 Å². The molecule has 12 heteroatoms. The molecule has 0 aromatic heterocycles. The van der Waals surface area contributed by atoms with Crippen LogP contribution in [-0.2, 0) is 4.79 Å². The van der Waals surface area contributed by atoms with E-state index in [1.165, 1.54) is 6.08 Å². The number of fused-ring (bicyclic) bond motifs is 1. The molecule has 176 valence electrons. The third kappa shape index (κ3) is 5.22. The van der Waals surface area contributed by atoms with Gasteiger partial charge in [-0.15, -0.1) is 0 Å². The number of ether oxygens (including phenoxy) is 3. The molecule has 0 saturated heterocycles. The number of thioether (sulfide) groups is 1. The summed E-state index contributed by atoms with van der Waals surface area (Å²) in [5.41, 5.74) is 0.374. The number of nitrogens with one attached hydrogen (secondary N) is 1. The number of aliphatic imine (C=N–C) groups is 1. The summed E-state index contributed by atoms with van der Waals surface area (Å²) in [7, 11) is 1.58. The maximum Gasteiger partial charge on any atom is 0.441 e. The first-order valence-corrected chi connectivity index (χ1v) is 10.6. The van der Waals surface area contributed by atoms with Crippen molar-refractivity contribution in [3.63, 3.8) is 0 Å². The molecule has 2 aromatic rings. The predicted octanol–water partition coefficient (Wildman–Crippen LogP) is 4.33. The van der Waals surface area contributed by atoms with E-state index in [0.717, 1.165) is 5.75 Å². The lowest BCUT2D eigenvalue weighted by Gasteiger charge is -2.20. The van der Waals surface area contributed by atoms with Gasteiger partial charge in [0.25, 0.3) is 5.91 Å². The molecule has 2 aliphatic heterocycles. The molecule has 0 bridgehead atoms. The van der Waals surface area contributed by atoms with Crippen molar-refractivity contribution in [2.24, 2.45) is 10.1 Å². The number of amides is 1. The molecule has 2 aromatic carbocycles. The van der Waals surface area contributed by atoms with E-state index in [2.05, 4.69) is 10.1 Å². The topological polar surface area (TPSA) is 96.6 Å². The van der Waals surface area contributed by atoms with Crippen molar-refractivity contribution in [1.82, 2.24) is 5.01 Å². The Kier molecular flexibility index (Phi) is 6.59. The van der Waals surface area contributed by atoms with Crippen LogP contribution in [0.15, 0.2) is 64.2 Å². The second-order valence-corrected chi connectivity index (χ2v) is 7.82. The Bertz CT molecular complexity index is 1190. The molecule has 0 fully saturated rings. The number of amidine groups is 2. The highest BCUT2D eigenvalue weighted by Gasteiger charge is 2.46. The third-order valence-corrected chi connectivity index (χ3v) is 5.52. The van der Waals surface area contributed by atoms with Gasteiger partial charge in [-0.25, -0.2) is 0 Å². The molecule has 0 spiro atoms. The van der Waals surface area contributed by atoms with E-state index in [1.807, 2.05) is 0 Å². The van der Waals surface area contributed by atoms with Crippen LogP contribution >= 0.6 is 11.8 Å². The summed E-state index contributed by atoms with van der Waals surface area (Å²) in [5.74, 6) is 0.686. The number of halogens is 3. The minimum absolute atomic E-state index is 0.168. The molecule has 0 unspecified atom stereocenters. The van der Waals surface area contributed by atoms with Gasteiger partial charge in [0.2, 0.25) is 10.2 Å². The van der Waals surface area contributed by atoms with Gasteiger partial charge in [-0.05, 0) is 59.8 Å². The zero-order chi connectivity index (χ0) is 24.3. The van der Waals surface area contributed by atoms with E-state index in [9.17, 15) is 18.0 Å². The van der Waals surface area contributed by atoms with Crippen molar-refractivity contribution >= 4 is 39.8 Å². The summed E-state index contributed by atoms with van der Waals surface area (Å²) in [6.07, 6.45) is -3.32. The van der Waals surface area contributed by atoms with E-state index in [-0.39, 0.29) is 22.5 Å². The molecule has 0 aliphatic carbocycles. The van der Waals surface area contributed by atoms with Gasteiger partial charge >= 0.3 is 6.18 Å². The number of carbonyl (C=O) groups excluding carboxylic acids is 1. The lowest BCUT2D eigenvalue weighted by atomic mass is 10.1. The lowest BCUT2D eigenvalue weighted by molar-refractivity contribution is -0.114. The Morgan fingerprint density at radius 1 is 1.00 bits per heavy atom. The highest BCUT2D eigenvalue weighted by atomic mass is 32.2. The molecule has 0 radical (unpaired) electrons. The van der Waals surface area contributed by atoms with E-state index < -0.39 is 23.0 Å². The van der Waals surface area contributed by atoms with Crippen LogP contribution in [0.1, 0.15) is 5.56 Å². The van der Waals surface area contributed by atoms with Crippen LogP contribution in [0.2, 0.25) is 0 Å². The zero-order valence-electron chi connectivity index (χ0n) is 17.6. The normalized spacial score (nSPS) is 16.8. The Labute approximate surface area is 196 Å². The summed E-state index contributed by atoms with van der Waals surface area (Å²) in [5, 5.41) is 10.7. The fraction of sp³-hybridized carbons (Fsp3) is 0.182. The second kappa shape index (κ2) is 9.59. The van der Waals surface area contributed by atoms with Crippen molar-refractivity contribution in [3.05, 3.63) is 59.7 Å². The monoisotopic (exact) mass is 490 g/mol. The number of hydrazone groups is 1. The molecule has 1 N–H and O–H groups in total. The van der Waals surface area contributed by atoms with Crippen LogP contribution in [0.3, 0.4) is 0 Å². The minimum Gasteiger partial charge on any atom is -0.497 e. The molecule has 0 atom stereocenters. The highest BCUT2D eigenvalue weighted by Crippen LogP contribution is 2.35. The average Bonchev–Trinajstić information content (AvgIpc) is 3.26. The molecule has 0 saturated carbocycles. The van der Waals surface area contributed by atoms with Crippen LogP contribution in [0.25, 0.3) is 6.08 Å². The van der Waals surface area contributed by atoms with Gasteiger partial charge in [0.15, 0.2) is 5.84 Å². The SMILES string of the molecule is COc1ccc(OCCOc2ccc(C=C3C(=N)N4N=C(C(F)(F)F)SC4=NC3=O)cc2)cc1. The quantitative estimate of drug-likeness (QED) is 0.458. The fourth-order valence-corrected chi connectivity index (χ4v) is 3.68. The molecular formula is C22H17F3N4O4S. The van der Waals surface area contributed by atoms with Gasteiger partial charge in [-0.2, -0.15) is 28.3 Å². The Morgan fingerprint density at radius 3 is 2.12 bits per heavy atom. The van der Waals surface area contributed by atoms with Crippen molar-refractivity contribution in [2.75, 3.05) is 20.3 Å². The summed E-state index contributed by atoms with van der Waals surface area (Å²) >= 11 is 0.209. The zero-order valence-corrected chi connectivity index (χ0v) is 18.4. The first-order chi connectivity index (χ1) is 16.2. The van der Waals surface area contributed by atoms with Crippen molar-refractivity contribution in [2.45, 2.75) is 6.18 Å². The highest BCUT2D eigenvalue weighted by molar-refractivity contribution is 8.27. The van der Waals surface area contributed by atoms with Crippen molar-refractivity contribution < 1.29 is 32.2 Å². The van der Waals surface area contributed by atoms with Crippen LogP contribution in [-0.4, -0.2) is 53.5 Å². The number of hydrogen-bond acceptors (Lipinski definition) is 7. The molecule has 2 heterocycles. The molecule has 1 amide bonds. The maximum atomic E-state index is 12.9. The molecule has 34 heavy (non-hydrogen) atoms. The number of rotatable bonds is 7. The summed E-state index contributed by atoms with van der Waals surface area (Å²) in [6, 6.07) is 13.8. The Hall–Kier alpha value is -3.80. The van der Waals surface area contributed by atoms with Crippen LogP contribution < -0.4 is 14.2 Å². The van der Waals surface area contributed by atoms with Gasteiger partial charge in [0, 0.05) is 0 Å². The Morgan fingerprint density at radius 2 is 1.56 bits per heavy atom. The fourth-order valence-electron chi connectivity index (χ4n) is 2.92. The number of nitrogens with zero attached hydrogens (tertiary/aromatic N) is 3. The minimum atomic E-state index is -4.69. The van der Waals surface area contributed by atoms with Crippen LogP contribution in [0.4, 0.5) is 13.2 Å². The first-order valence-electron chi connectivity index (χ1n) is 9.82. The maximum absolute atomic E-state index is 12.9. The van der Waals surface area contributed by atoms with Crippen molar-refractivity contribution in [1.29, 1.82) is 5.41 Å². The van der Waals surface area contributed by atoms with Gasteiger partial charge < -0.3 is 14.2 Å². The molecule has 8 nitrogen and oxygen atoms in total. The summed E-state index contributed by atoms with van der Waals surface area (Å²) in [6.45, 7) is 0.609. The first kappa shape index (κ1) is 23.4. The number of benzene rings is 2. The van der Waals surface area contributed by atoms with Gasteiger partial charge in [0.1, 0.15) is 30.5 Å². The number of carbonyl (C=O) groups is 1. The van der Waals surface area contributed by atoms with E-state index in [1.54, 1.807) is 55.6 Å². The summed E-state index contributed by atoms with van der Waals surface area (Å²) in [4.78, 5) is 15.9. The Balaban J connectivity index is 1.35. The van der Waals surface area contributed by atoms with Gasteiger partial charge in [-0.3, -0.25) is 10.2 Å². The lowest BCUT2D eigenvalue weighted by Crippen LogP contribution is -2.35. The summed E-state index contributed by atoms with van der Waals surface area (Å²) < 4.78 is 55.0. The van der Waals surface area contributed by atoms with Crippen LogP contribution in [0.5, 0.6) is 17.2 Å². The molecule has 2 aliphatic rings. The second-order valence-electron chi connectivity index (χ2n) is 6.86. The third-order valence-electron chi connectivity index (χ3n) is 4.57. The average molecular weight is 490 g/mol. The number of alkyl halides is 3. The molecule has 4 rings (SSSR count). The largest absolute Gasteiger partial charge is 0.497 e. The van der Waals surface area contributed by atoms with Gasteiger partial charge in [0.05, 0.1) is 12.7 Å². The number of methoxy groups -OCH3 is 1.